The van der Waals surface area contributed by atoms with Crippen LogP contribution in [-0.4, -0.2) is 53.9 Å². The molecular weight excluding hydrogens is 304 g/mol. The summed E-state index contributed by atoms with van der Waals surface area (Å²) in [7, 11) is 1.40. The first kappa shape index (κ1) is 16.6. The quantitative estimate of drug-likeness (QED) is 0.863. The van der Waals surface area contributed by atoms with Crippen molar-refractivity contribution >= 4 is 18.2 Å². The highest BCUT2D eigenvalue weighted by molar-refractivity contribution is 5.81. The maximum absolute atomic E-state index is 12.1. The van der Waals surface area contributed by atoms with Crippen LogP contribution in [0.15, 0.2) is 30.3 Å². The summed E-state index contributed by atoms with van der Waals surface area (Å²) >= 11 is 0. The van der Waals surface area contributed by atoms with Crippen molar-refractivity contribution in [2.45, 2.75) is 25.2 Å². The highest BCUT2D eigenvalue weighted by Gasteiger charge is 2.42. The number of carboxylic acids is 1. The standard InChI is InChI=1S/C15H18N2O6/c1-16-14(20)23-11-7-12(13(18)19)17(8-11)15(21)22-9-10-5-3-2-4-6-10/h2-6,11-12H,7-9H2,1H3,(H,16,20)(H,18,19)/t11?,12-/m0/s1. The molecule has 1 heterocycles. The third-order valence-corrected chi connectivity index (χ3v) is 3.47. The van der Waals surface area contributed by atoms with E-state index in [1.165, 1.54) is 7.05 Å². The zero-order valence-electron chi connectivity index (χ0n) is 12.6. The molecule has 8 heteroatoms. The number of amides is 2. The van der Waals surface area contributed by atoms with Crippen molar-refractivity contribution in [1.29, 1.82) is 0 Å². The van der Waals surface area contributed by atoms with Gasteiger partial charge in [-0.25, -0.2) is 14.4 Å². The molecular formula is C15H18N2O6. The van der Waals surface area contributed by atoms with Crippen molar-refractivity contribution in [1.82, 2.24) is 10.2 Å². The molecule has 2 rings (SSSR count). The van der Waals surface area contributed by atoms with E-state index in [-0.39, 0.29) is 19.6 Å². The second-order valence-electron chi connectivity index (χ2n) is 5.06. The molecule has 0 saturated carbocycles. The number of aliphatic carboxylic acids is 1. The van der Waals surface area contributed by atoms with Crippen molar-refractivity contribution in [2.24, 2.45) is 0 Å². The minimum absolute atomic E-state index is 0.0159. The molecule has 0 radical (unpaired) electrons. The Kier molecular flexibility index (Phi) is 5.40. The smallest absolute Gasteiger partial charge is 0.410 e. The maximum Gasteiger partial charge on any atom is 0.410 e. The van der Waals surface area contributed by atoms with Gasteiger partial charge < -0.3 is 19.9 Å². The summed E-state index contributed by atoms with van der Waals surface area (Å²) < 4.78 is 10.2. The summed E-state index contributed by atoms with van der Waals surface area (Å²) in [4.78, 5) is 35.7. The van der Waals surface area contributed by atoms with Crippen LogP contribution in [0.4, 0.5) is 9.59 Å². The Morgan fingerprint density at radius 1 is 1.30 bits per heavy atom. The van der Waals surface area contributed by atoms with Crippen molar-refractivity contribution in [3.8, 4) is 0 Å². The molecule has 2 amide bonds. The molecule has 23 heavy (non-hydrogen) atoms. The molecule has 0 aliphatic carbocycles. The zero-order valence-corrected chi connectivity index (χ0v) is 12.6. The van der Waals surface area contributed by atoms with Gasteiger partial charge in [0.05, 0.1) is 6.54 Å². The van der Waals surface area contributed by atoms with Crippen molar-refractivity contribution < 1.29 is 29.0 Å². The van der Waals surface area contributed by atoms with E-state index in [1.807, 2.05) is 18.2 Å². The molecule has 2 atom stereocenters. The fourth-order valence-electron chi connectivity index (χ4n) is 2.33. The SMILES string of the molecule is CNC(=O)OC1C[C@@H](C(=O)O)N(C(=O)OCc2ccccc2)C1. The summed E-state index contributed by atoms with van der Waals surface area (Å²) in [5.41, 5.74) is 0.796. The van der Waals surface area contributed by atoms with Gasteiger partial charge in [-0.2, -0.15) is 0 Å². The first-order valence-corrected chi connectivity index (χ1v) is 7.09. The molecule has 1 aliphatic heterocycles. The van der Waals surface area contributed by atoms with Gasteiger partial charge in [-0.1, -0.05) is 30.3 Å². The molecule has 0 spiro atoms. The Bertz CT molecular complexity index is 577. The van der Waals surface area contributed by atoms with Gasteiger partial charge in [0.25, 0.3) is 0 Å². The van der Waals surface area contributed by atoms with Crippen LogP contribution < -0.4 is 5.32 Å². The molecule has 1 unspecified atom stereocenters. The predicted octanol–water partition coefficient (Wildman–Crippen LogP) is 1.21. The molecule has 1 fully saturated rings. The molecule has 1 saturated heterocycles. The van der Waals surface area contributed by atoms with Crippen LogP contribution in [0, 0.1) is 0 Å². The van der Waals surface area contributed by atoms with Gasteiger partial charge in [-0.3, -0.25) is 4.90 Å². The zero-order chi connectivity index (χ0) is 16.8. The fraction of sp³-hybridized carbons (Fsp3) is 0.400. The van der Waals surface area contributed by atoms with E-state index < -0.39 is 30.3 Å². The van der Waals surface area contributed by atoms with Crippen molar-refractivity contribution in [2.75, 3.05) is 13.6 Å². The van der Waals surface area contributed by atoms with Crippen molar-refractivity contribution in [3.63, 3.8) is 0 Å². The number of nitrogens with zero attached hydrogens (tertiary/aromatic N) is 1. The number of alkyl carbamates (subject to hydrolysis) is 1. The van der Waals surface area contributed by atoms with E-state index in [1.54, 1.807) is 12.1 Å². The fourth-order valence-corrected chi connectivity index (χ4v) is 2.33. The molecule has 2 N–H and O–H groups in total. The molecule has 8 nitrogen and oxygen atoms in total. The predicted molar refractivity (Wildman–Crippen MR) is 78.7 cm³/mol. The van der Waals surface area contributed by atoms with Gasteiger partial charge >= 0.3 is 18.2 Å². The number of benzene rings is 1. The van der Waals surface area contributed by atoms with Crippen LogP contribution in [0.25, 0.3) is 0 Å². The van der Waals surface area contributed by atoms with Crippen molar-refractivity contribution in [3.05, 3.63) is 35.9 Å². The van der Waals surface area contributed by atoms with Gasteiger partial charge in [-0.15, -0.1) is 0 Å². The Morgan fingerprint density at radius 3 is 2.61 bits per heavy atom. The lowest BCUT2D eigenvalue weighted by Gasteiger charge is -2.20. The summed E-state index contributed by atoms with van der Waals surface area (Å²) in [5.74, 6) is -1.16. The Morgan fingerprint density at radius 2 is 2.00 bits per heavy atom. The van der Waals surface area contributed by atoms with Crippen LogP contribution in [0.3, 0.4) is 0 Å². The van der Waals surface area contributed by atoms with E-state index >= 15 is 0 Å². The van der Waals surface area contributed by atoms with E-state index in [9.17, 15) is 19.5 Å². The number of rotatable bonds is 4. The number of hydrogen-bond acceptors (Lipinski definition) is 5. The summed E-state index contributed by atoms with van der Waals surface area (Å²) in [5, 5.41) is 11.5. The first-order valence-electron chi connectivity index (χ1n) is 7.09. The number of hydrogen-bond donors (Lipinski definition) is 2. The van der Waals surface area contributed by atoms with Crippen LogP contribution >= 0.6 is 0 Å². The number of nitrogens with one attached hydrogen (secondary N) is 1. The Hall–Kier alpha value is -2.77. The Balaban J connectivity index is 1.96. The molecule has 0 aromatic heterocycles. The topological polar surface area (TPSA) is 105 Å². The number of ether oxygens (including phenoxy) is 2. The van der Waals surface area contributed by atoms with Gasteiger partial charge in [-0.05, 0) is 5.56 Å². The van der Waals surface area contributed by atoms with E-state index in [0.717, 1.165) is 10.5 Å². The number of carbonyl (C=O) groups is 3. The molecule has 1 aromatic rings. The Labute approximate surface area is 133 Å². The average Bonchev–Trinajstić information content (AvgIpc) is 2.97. The van der Waals surface area contributed by atoms with Crippen LogP contribution in [-0.2, 0) is 20.9 Å². The average molecular weight is 322 g/mol. The minimum atomic E-state index is -1.16. The van der Waals surface area contributed by atoms with Crippen LogP contribution in [0.5, 0.6) is 0 Å². The second kappa shape index (κ2) is 7.48. The van der Waals surface area contributed by atoms with Crippen LogP contribution in [0.2, 0.25) is 0 Å². The number of likely N-dealkylation sites (tertiary alicyclic amines) is 1. The first-order chi connectivity index (χ1) is 11.0. The highest BCUT2D eigenvalue weighted by Crippen LogP contribution is 2.22. The van der Waals surface area contributed by atoms with Gasteiger partial charge in [0.2, 0.25) is 0 Å². The summed E-state index contributed by atoms with van der Waals surface area (Å²) in [6, 6.07) is 7.98. The van der Waals surface area contributed by atoms with Gasteiger partial charge in [0.15, 0.2) is 0 Å². The van der Waals surface area contributed by atoms with E-state index in [0.29, 0.717) is 0 Å². The third-order valence-electron chi connectivity index (χ3n) is 3.47. The molecule has 124 valence electrons. The maximum atomic E-state index is 12.1. The van der Waals surface area contributed by atoms with Gasteiger partial charge in [0, 0.05) is 13.5 Å². The normalized spacial score (nSPS) is 20.0. The highest BCUT2D eigenvalue weighted by atomic mass is 16.6. The lowest BCUT2D eigenvalue weighted by atomic mass is 10.2. The summed E-state index contributed by atoms with van der Waals surface area (Å²) in [6.07, 6.45) is -2.06. The van der Waals surface area contributed by atoms with E-state index in [4.69, 9.17) is 9.47 Å². The number of carbonyl (C=O) groups excluding carboxylic acids is 2. The number of carboxylic acid groups (broad SMARTS) is 1. The van der Waals surface area contributed by atoms with Crippen LogP contribution in [0.1, 0.15) is 12.0 Å². The van der Waals surface area contributed by atoms with Gasteiger partial charge in [0.1, 0.15) is 18.8 Å². The monoisotopic (exact) mass is 322 g/mol. The molecule has 1 aliphatic rings. The second-order valence-corrected chi connectivity index (χ2v) is 5.06. The minimum Gasteiger partial charge on any atom is -0.480 e. The van der Waals surface area contributed by atoms with E-state index in [2.05, 4.69) is 5.32 Å². The third kappa shape index (κ3) is 4.35. The molecule has 0 bridgehead atoms. The summed E-state index contributed by atoms with van der Waals surface area (Å²) in [6.45, 7) is 0.0293. The lowest BCUT2D eigenvalue weighted by Crippen LogP contribution is -2.41. The molecule has 1 aromatic carbocycles. The lowest BCUT2D eigenvalue weighted by molar-refractivity contribution is -0.141. The largest absolute Gasteiger partial charge is 0.480 e.